The van der Waals surface area contributed by atoms with Gasteiger partial charge in [0.2, 0.25) is 10.0 Å². The molecule has 0 spiro atoms. The van der Waals surface area contributed by atoms with Gasteiger partial charge in [-0.3, -0.25) is 9.12 Å². The Morgan fingerprint density at radius 3 is 2.29 bits per heavy atom. The van der Waals surface area contributed by atoms with Crippen molar-refractivity contribution in [1.29, 1.82) is 0 Å². The van der Waals surface area contributed by atoms with E-state index in [2.05, 4.69) is 29.0 Å². The number of anilines is 1. The number of aromatic nitrogens is 2. The first-order chi connectivity index (χ1) is 14.8. The number of imidazole rings is 1. The fourth-order valence-electron chi connectivity index (χ4n) is 4.20. The fourth-order valence-corrected chi connectivity index (χ4v) is 4.75. The first-order valence-corrected chi connectivity index (χ1v) is 12.2. The third-order valence-corrected chi connectivity index (χ3v) is 6.55. The van der Waals surface area contributed by atoms with Gasteiger partial charge in [0.25, 0.3) is 0 Å². The van der Waals surface area contributed by atoms with Crippen molar-refractivity contribution in [2.75, 3.05) is 11.0 Å². The molecule has 2 aromatic heterocycles. The van der Waals surface area contributed by atoms with Crippen LogP contribution in [-0.2, 0) is 15.6 Å². The Bertz CT molecular complexity index is 1360. The summed E-state index contributed by atoms with van der Waals surface area (Å²) < 4.78 is 27.9. The molecule has 31 heavy (non-hydrogen) atoms. The summed E-state index contributed by atoms with van der Waals surface area (Å²) in [6, 6.07) is 21.9. The van der Waals surface area contributed by atoms with Crippen LogP contribution in [0, 0.1) is 0 Å². The van der Waals surface area contributed by atoms with Gasteiger partial charge in [-0.15, -0.1) is 0 Å². The van der Waals surface area contributed by atoms with Crippen LogP contribution in [-0.4, -0.2) is 24.1 Å². The number of pyridine rings is 1. The first-order valence-electron chi connectivity index (χ1n) is 10.3. The maximum Gasteiger partial charge on any atom is 0.229 e. The molecule has 1 aliphatic rings. The van der Waals surface area contributed by atoms with Crippen LogP contribution in [0.5, 0.6) is 0 Å². The maximum absolute atomic E-state index is 11.7. The van der Waals surface area contributed by atoms with Crippen molar-refractivity contribution in [3.63, 3.8) is 0 Å². The predicted octanol–water partition coefficient (Wildman–Crippen LogP) is 4.38. The highest BCUT2D eigenvalue weighted by molar-refractivity contribution is 7.92. The second-order valence-electron chi connectivity index (χ2n) is 8.28. The molecule has 1 aliphatic carbocycles. The summed E-state index contributed by atoms with van der Waals surface area (Å²) in [6.45, 7) is 0. The largest absolute Gasteiger partial charge is 0.321 e. The second-order valence-corrected chi connectivity index (χ2v) is 10.0. The molecule has 0 bridgehead atoms. The van der Waals surface area contributed by atoms with Gasteiger partial charge < -0.3 is 5.73 Å². The van der Waals surface area contributed by atoms with E-state index in [1.807, 2.05) is 40.8 Å². The van der Waals surface area contributed by atoms with Crippen LogP contribution in [0.25, 0.3) is 28.2 Å². The van der Waals surface area contributed by atoms with Crippen LogP contribution in [0.2, 0.25) is 0 Å². The van der Waals surface area contributed by atoms with Gasteiger partial charge in [-0.05, 0) is 37.0 Å². The number of hydrogen-bond acceptors (Lipinski definition) is 4. The van der Waals surface area contributed by atoms with E-state index >= 15 is 0 Å². The monoisotopic (exact) mass is 432 g/mol. The number of nitrogens with two attached hydrogens (primary N) is 1. The Morgan fingerprint density at radius 1 is 0.968 bits per heavy atom. The molecule has 158 valence electrons. The van der Waals surface area contributed by atoms with Crippen molar-refractivity contribution >= 4 is 21.4 Å². The molecule has 6 nitrogen and oxygen atoms in total. The average molecular weight is 433 g/mol. The number of sulfonamides is 1. The van der Waals surface area contributed by atoms with Gasteiger partial charge in [-0.1, -0.05) is 54.6 Å². The minimum Gasteiger partial charge on any atom is -0.321 e. The minimum atomic E-state index is -3.38. The molecule has 2 aromatic carbocycles. The fraction of sp³-hybridized carbons (Fsp3) is 0.208. The summed E-state index contributed by atoms with van der Waals surface area (Å²) in [6.07, 6.45) is 6.13. The van der Waals surface area contributed by atoms with E-state index in [9.17, 15) is 8.42 Å². The Morgan fingerprint density at radius 2 is 1.68 bits per heavy atom. The van der Waals surface area contributed by atoms with Crippen molar-refractivity contribution in [1.82, 2.24) is 9.38 Å². The zero-order valence-corrected chi connectivity index (χ0v) is 18.1. The molecule has 7 heteroatoms. The van der Waals surface area contributed by atoms with Crippen LogP contribution < -0.4 is 10.5 Å². The molecule has 5 rings (SSSR count). The second kappa shape index (κ2) is 7.21. The molecule has 0 saturated heterocycles. The summed E-state index contributed by atoms with van der Waals surface area (Å²) in [7, 11) is -3.38. The van der Waals surface area contributed by atoms with Crippen molar-refractivity contribution in [2.24, 2.45) is 5.73 Å². The van der Waals surface area contributed by atoms with E-state index in [1.165, 1.54) is 6.42 Å². The minimum absolute atomic E-state index is 0.202. The first kappa shape index (κ1) is 19.8. The molecule has 0 radical (unpaired) electrons. The smallest absolute Gasteiger partial charge is 0.229 e. The number of benzene rings is 2. The lowest BCUT2D eigenvalue weighted by atomic mass is 9.72. The number of fused-ring (bicyclic) bond motifs is 1. The summed E-state index contributed by atoms with van der Waals surface area (Å²) >= 11 is 0. The van der Waals surface area contributed by atoms with E-state index in [-0.39, 0.29) is 5.54 Å². The highest BCUT2D eigenvalue weighted by Gasteiger charge is 2.34. The SMILES string of the molecule is CS(=O)(=O)Nc1ccc2nc(-c3ccc(C4(N)CCC4)cc3)c(-c3ccccc3)n2c1. The standard InChI is InChI=1S/C24H24N4O2S/c1-31(29,30)27-20-12-13-21-26-22(23(28(21)16-20)18-6-3-2-4-7-18)17-8-10-19(11-9-17)24(25)14-5-15-24/h2-4,6-13,16,27H,5,14-15,25H2,1H3. The van der Waals surface area contributed by atoms with E-state index in [1.54, 1.807) is 12.3 Å². The zero-order valence-electron chi connectivity index (χ0n) is 17.2. The lowest BCUT2D eigenvalue weighted by Crippen LogP contribution is -2.43. The molecule has 4 aromatic rings. The van der Waals surface area contributed by atoms with Crippen LogP contribution in [0.3, 0.4) is 0 Å². The molecule has 0 amide bonds. The van der Waals surface area contributed by atoms with Crippen molar-refractivity contribution in [3.05, 3.63) is 78.5 Å². The summed E-state index contributed by atoms with van der Waals surface area (Å²) in [5, 5.41) is 0. The van der Waals surface area contributed by atoms with E-state index in [0.717, 1.165) is 52.8 Å². The summed E-state index contributed by atoms with van der Waals surface area (Å²) in [5.41, 5.74) is 12.4. The number of nitrogens with one attached hydrogen (secondary N) is 1. The summed E-state index contributed by atoms with van der Waals surface area (Å²) in [5.74, 6) is 0. The van der Waals surface area contributed by atoms with Gasteiger partial charge in [0.1, 0.15) is 5.65 Å². The molecule has 1 saturated carbocycles. The Hall–Kier alpha value is -3.16. The van der Waals surface area contributed by atoms with Gasteiger partial charge >= 0.3 is 0 Å². The van der Waals surface area contributed by atoms with Crippen molar-refractivity contribution in [3.8, 4) is 22.5 Å². The number of rotatable bonds is 5. The Balaban J connectivity index is 1.67. The highest BCUT2D eigenvalue weighted by Crippen LogP contribution is 2.40. The molecule has 3 N–H and O–H groups in total. The maximum atomic E-state index is 11.7. The quantitative estimate of drug-likeness (QED) is 0.490. The highest BCUT2D eigenvalue weighted by atomic mass is 32.2. The van der Waals surface area contributed by atoms with Crippen LogP contribution in [0.1, 0.15) is 24.8 Å². The molecule has 0 unspecified atom stereocenters. The van der Waals surface area contributed by atoms with Gasteiger partial charge in [-0.2, -0.15) is 0 Å². The Kier molecular flexibility index (Phi) is 4.60. The molecule has 0 aliphatic heterocycles. The number of hydrogen-bond donors (Lipinski definition) is 2. The van der Waals surface area contributed by atoms with E-state index < -0.39 is 10.0 Å². The lowest BCUT2D eigenvalue weighted by Gasteiger charge is -2.38. The van der Waals surface area contributed by atoms with Gasteiger partial charge in [0.05, 0.1) is 23.3 Å². The molecule has 0 atom stereocenters. The van der Waals surface area contributed by atoms with Crippen LogP contribution >= 0.6 is 0 Å². The van der Waals surface area contributed by atoms with Crippen LogP contribution in [0.15, 0.2) is 72.9 Å². The van der Waals surface area contributed by atoms with Crippen molar-refractivity contribution < 1.29 is 8.42 Å². The number of nitrogens with zero attached hydrogens (tertiary/aromatic N) is 2. The normalized spacial score (nSPS) is 15.5. The van der Waals surface area contributed by atoms with Gasteiger partial charge in [0.15, 0.2) is 0 Å². The molecule has 2 heterocycles. The molecule has 1 fully saturated rings. The molecular weight excluding hydrogens is 408 g/mol. The third-order valence-electron chi connectivity index (χ3n) is 5.95. The Labute approximate surface area is 181 Å². The topological polar surface area (TPSA) is 89.5 Å². The zero-order chi connectivity index (χ0) is 21.6. The predicted molar refractivity (Wildman–Crippen MR) is 124 cm³/mol. The average Bonchev–Trinajstić information content (AvgIpc) is 3.10. The van der Waals surface area contributed by atoms with E-state index in [4.69, 9.17) is 10.7 Å². The summed E-state index contributed by atoms with van der Waals surface area (Å²) in [4.78, 5) is 4.88. The van der Waals surface area contributed by atoms with E-state index in [0.29, 0.717) is 5.69 Å². The van der Waals surface area contributed by atoms with Crippen LogP contribution in [0.4, 0.5) is 5.69 Å². The van der Waals surface area contributed by atoms with Gasteiger partial charge in [-0.25, -0.2) is 13.4 Å². The lowest BCUT2D eigenvalue weighted by molar-refractivity contribution is 0.253. The van der Waals surface area contributed by atoms with Gasteiger partial charge in [0, 0.05) is 22.9 Å². The van der Waals surface area contributed by atoms with Crippen molar-refractivity contribution in [2.45, 2.75) is 24.8 Å². The molecular formula is C24H24N4O2S. The third kappa shape index (κ3) is 3.71.